The minimum atomic E-state index is 0.855. The third-order valence-electron chi connectivity index (χ3n) is 26.4. The van der Waals surface area contributed by atoms with Gasteiger partial charge in [0.2, 0.25) is 0 Å². The number of hydrogen-bond acceptors (Lipinski definition) is 2. The Morgan fingerprint density at radius 1 is 0.146 bits per heavy atom. The molecule has 0 atom stereocenters. The standard InChI is InChI=1S/C44H29N3.C38H25N3O.C38H25N3/c1-3-11-30(12-4-1)31-19-24-42-38(27-31)36-15-7-9-17-40(36)46(42)34-20-22-35(23-21-34)47-41-18-10-8-16-37(41)39-28-32-25-26-45(43(32)29-44(39)47)33-13-5-2-6-14-33;1-2-10-27(11-3-1)39-23-22-26-24-31-30-12-4-5-13-32(30)40(36(31)25-35(26)39)28-18-20-29(21-19-28)41-33-14-6-8-16-37(33)42-38-17-9-7-15-34(38)41;1-2-10-27(11-3-1)39-23-22-26-24-33-32-14-6-9-17-36(32)41(38(33)25-37(26)39)29-20-18-28(19-21-29)40-34-15-7-4-12-30(34)31-13-5-8-16-35(31)40/h1-29H;1-25H;1-25H. The molecule has 10 nitrogen and oxygen atoms in total. The molecule has 1 aliphatic rings. The predicted octanol–water partition coefficient (Wildman–Crippen LogP) is 31.6. The molecule has 0 saturated heterocycles. The Balaban J connectivity index is 0.000000103. The van der Waals surface area contributed by atoms with E-state index < -0.39 is 0 Å². The summed E-state index contributed by atoms with van der Waals surface area (Å²) >= 11 is 0. The van der Waals surface area contributed by atoms with E-state index >= 15 is 0 Å². The van der Waals surface area contributed by atoms with Crippen LogP contribution in [0, 0.1) is 0 Å². The number of para-hydroxylation sites is 13. The Hall–Kier alpha value is -17.6. The van der Waals surface area contributed by atoms with Crippen molar-refractivity contribution in [3.63, 3.8) is 0 Å². The van der Waals surface area contributed by atoms with Gasteiger partial charge in [0.05, 0.1) is 83.1 Å². The first-order chi connectivity index (χ1) is 64.5. The van der Waals surface area contributed by atoms with Crippen LogP contribution in [-0.2, 0) is 0 Å². The third kappa shape index (κ3) is 12.0. The van der Waals surface area contributed by atoms with Gasteiger partial charge in [-0.3, -0.25) is 0 Å². The van der Waals surface area contributed by atoms with Crippen LogP contribution in [0.1, 0.15) is 0 Å². The predicted molar refractivity (Wildman–Crippen MR) is 542 cm³/mol. The van der Waals surface area contributed by atoms with Gasteiger partial charge in [-0.05, 0) is 248 Å². The van der Waals surface area contributed by atoms with Gasteiger partial charge < -0.3 is 46.2 Å². The second-order valence-corrected chi connectivity index (χ2v) is 33.6. The summed E-state index contributed by atoms with van der Waals surface area (Å²) in [5, 5.41) is 16.4. The molecular formula is C120H79N9O. The van der Waals surface area contributed by atoms with E-state index in [2.05, 4.69) is 497 Å². The van der Waals surface area contributed by atoms with Crippen LogP contribution in [0.3, 0.4) is 0 Å². The van der Waals surface area contributed by atoms with E-state index in [1.54, 1.807) is 0 Å². The fourth-order valence-corrected chi connectivity index (χ4v) is 20.6. The first-order valence-electron chi connectivity index (χ1n) is 44.3. The van der Waals surface area contributed by atoms with Crippen LogP contribution in [0.2, 0.25) is 0 Å². The van der Waals surface area contributed by atoms with Crippen LogP contribution in [0.5, 0.6) is 11.5 Å². The van der Waals surface area contributed by atoms with Gasteiger partial charge in [-0.2, -0.15) is 0 Å². The molecule has 0 aliphatic carbocycles. The maximum atomic E-state index is 6.23. The smallest absolute Gasteiger partial charge is 0.151 e. The summed E-state index contributed by atoms with van der Waals surface area (Å²) in [5.41, 5.74) is 30.5. The number of anilines is 3. The molecule has 0 fully saturated rings. The average Bonchev–Trinajstić information content (AvgIpc) is 1.58. The highest BCUT2D eigenvalue weighted by Gasteiger charge is 2.27. The van der Waals surface area contributed by atoms with Crippen molar-refractivity contribution in [3.8, 4) is 68.1 Å². The van der Waals surface area contributed by atoms with Gasteiger partial charge in [0, 0.05) is 140 Å². The van der Waals surface area contributed by atoms with E-state index in [0.29, 0.717) is 0 Å². The number of fused-ring (bicyclic) bond motifs is 20. The number of rotatable bonds is 10. The van der Waals surface area contributed by atoms with Crippen molar-refractivity contribution in [2.45, 2.75) is 0 Å². The Labute approximate surface area is 747 Å². The fourth-order valence-electron chi connectivity index (χ4n) is 20.6. The molecule has 10 heteroatoms. The molecule has 0 N–H and O–H groups in total. The van der Waals surface area contributed by atoms with E-state index in [4.69, 9.17) is 4.74 Å². The minimum absolute atomic E-state index is 0.855. The van der Waals surface area contributed by atoms with Gasteiger partial charge in [0.25, 0.3) is 0 Å². The maximum Gasteiger partial charge on any atom is 0.151 e. The van der Waals surface area contributed by atoms with Crippen molar-refractivity contribution in [2.75, 3.05) is 4.90 Å². The second kappa shape index (κ2) is 30.1. The summed E-state index contributed by atoms with van der Waals surface area (Å²) in [6, 6.07) is 165. The van der Waals surface area contributed by atoms with E-state index in [1.165, 1.54) is 159 Å². The molecule has 1 aliphatic heterocycles. The summed E-state index contributed by atoms with van der Waals surface area (Å²) in [4.78, 5) is 2.28. The van der Waals surface area contributed by atoms with Crippen molar-refractivity contribution < 1.29 is 4.74 Å². The summed E-state index contributed by atoms with van der Waals surface area (Å²) < 4.78 is 25.0. The van der Waals surface area contributed by atoms with Crippen LogP contribution in [0.15, 0.2) is 480 Å². The normalized spacial score (nSPS) is 12.0. The van der Waals surface area contributed by atoms with Crippen molar-refractivity contribution in [2.24, 2.45) is 0 Å². The molecule has 0 saturated carbocycles. The van der Waals surface area contributed by atoms with E-state index in [1.807, 2.05) is 24.3 Å². The zero-order valence-electron chi connectivity index (χ0n) is 70.5. The van der Waals surface area contributed by atoms with Gasteiger partial charge in [-0.1, -0.05) is 224 Å². The Morgan fingerprint density at radius 3 is 0.731 bits per heavy atom. The van der Waals surface area contributed by atoms with Crippen LogP contribution in [0.25, 0.3) is 198 Å². The molecule has 610 valence electrons. The van der Waals surface area contributed by atoms with Crippen LogP contribution in [-0.4, -0.2) is 36.5 Å². The second-order valence-electron chi connectivity index (χ2n) is 33.6. The molecule has 9 heterocycles. The summed E-state index contributed by atoms with van der Waals surface area (Å²) in [7, 11) is 0. The third-order valence-corrected chi connectivity index (χ3v) is 26.4. The zero-order valence-corrected chi connectivity index (χ0v) is 70.5. The molecule has 27 aromatic rings. The van der Waals surface area contributed by atoms with Gasteiger partial charge >= 0.3 is 0 Å². The van der Waals surface area contributed by atoms with Crippen molar-refractivity contribution in [1.82, 2.24) is 36.5 Å². The quantitative estimate of drug-likeness (QED) is 0.137. The van der Waals surface area contributed by atoms with E-state index in [0.717, 1.165) is 68.4 Å². The topological polar surface area (TPSA) is 51.9 Å². The molecule has 8 aromatic heterocycles. The van der Waals surface area contributed by atoms with Gasteiger partial charge in [0.15, 0.2) is 11.5 Å². The van der Waals surface area contributed by atoms with E-state index in [-0.39, 0.29) is 0 Å². The molecule has 0 radical (unpaired) electrons. The van der Waals surface area contributed by atoms with Crippen LogP contribution < -0.4 is 9.64 Å². The average molecular weight is 1660 g/mol. The minimum Gasteiger partial charge on any atom is -0.453 e. The van der Waals surface area contributed by atoms with Crippen LogP contribution in [0.4, 0.5) is 17.1 Å². The molecule has 0 unspecified atom stereocenters. The lowest BCUT2D eigenvalue weighted by molar-refractivity contribution is 0.477. The number of nitrogens with zero attached hydrogens (tertiary/aromatic N) is 9. The summed E-state index contributed by atoms with van der Waals surface area (Å²) in [6.45, 7) is 0. The zero-order chi connectivity index (χ0) is 85.4. The first-order valence-corrected chi connectivity index (χ1v) is 44.3. The molecule has 0 spiro atoms. The summed E-state index contributed by atoms with van der Waals surface area (Å²) in [6.07, 6.45) is 6.51. The molecule has 19 aromatic carbocycles. The largest absolute Gasteiger partial charge is 0.453 e. The van der Waals surface area contributed by atoms with Crippen molar-refractivity contribution in [1.29, 1.82) is 0 Å². The maximum absolute atomic E-state index is 6.23. The monoisotopic (exact) mass is 1660 g/mol. The number of benzene rings is 19. The number of aromatic nitrogens is 8. The highest BCUT2D eigenvalue weighted by molar-refractivity contribution is 6.18. The first kappa shape index (κ1) is 73.9. The fraction of sp³-hybridized carbons (Fsp3) is 0. The lowest BCUT2D eigenvalue weighted by atomic mass is 10.0. The molecular weight excluding hydrogens is 1580 g/mol. The summed E-state index contributed by atoms with van der Waals surface area (Å²) in [5.74, 6) is 1.71. The van der Waals surface area contributed by atoms with Gasteiger partial charge in [-0.25, -0.2) is 0 Å². The molecule has 0 amide bonds. The van der Waals surface area contributed by atoms with Crippen LogP contribution >= 0.6 is 0 Å². The molecule has 130 heavy (non-hydrogen) atoms. The lowest BCUT2D eigenvalue weighted by Gasteiger charge is -2.32. The van der Waals surface area contributed by atoms with Crippen molar-refractivity contribution in [3.05, 3.63) is 480 Å². The number of ether oxygens (including phenoxy) is 1. The molecule has 0 bridgehead atoms. The van der Waals surface area contributed by atoms with Crippen molar-refractivity contribution >= 4 is 159 Å². The van der Waals surface area contributed by atoms with E-state index in [9.17, 15) is 0 Å². The SMILES string of the molecule is c1ccc(-c2ccc3c(c2)c2ccccc2n3-c2ccc(-n3c4ccccc4c4cc5ccn(-c6ccccc6)c5cc43)cc2)cc1.c1ccc(-n2ccc3cc4c5ccccc5n(-c5ccc(-n6c7ccccc7c7ccccc76)cc5)c4cc32)cc1.c1ccc(-n2ccc3cc4c5ccccc5n(-c5ccc(N6c7ccccc7Oc7ccccc76)cc5)c4cc32)cc1. The number of hydrogen-bond donors (Lipinski definition) is 0. The highest BCUT2D eigenvalue weighted by Crippen LogP contribution is 2.51. The van der Waals surface area contributed by atoms with Gasteiger partial charge in [0.1, 0.15) is 0 Å². The Kier molecular flexibility index (Phi) is 17.1. The Bertz CT molecular complexity index is 9020. The lowest BCUT2D eigenvalue weighted by Crippen LogP contribution is -2.15. The highest BCUT2D eigenvalue weighted by atomic mass is 16.5. The Morgan fingerprint density at radius 2 is 0.400 bits per heavy atom. The van der Waals surface area contributed by atoms with Gasteiger partial charge in [-0.15, -0.1) is 0 Å². The molecule has 28 rings (SSSR count).